The van der Waals surface area contributed by atoms with Gasteiger partial charge in [0.1, 0.15) is 0 Å². The Morgan fingerprint density at radius 1 is 1.12 bits per heavy atom. The van der Waals surface area contributed by atoms with Crippen molar-refractivity contribution in [2.45, 2.75) is 39.5 Å². The highest BCUT2D eigenvalue weighted by Gasteiger charge is 2.06. The van der Waals surface area contributed by atoms with Gasteiger partial charge < -0.3 is 4.90 Å². The molecule has 1 aromatic carbocycles. The van der Waals surface area contributed by atoms with Gasteiger partial charge in [0.25, 0.3) is 0 Å². The lowest BCUT2D eigenvalue weighted by molar-refractivity contribution is -0.129. The molecule has 0 aliphatic carbocycles. The lowest BCUT2D eigenvalue weighted by Crippen LogP contribution is -2.30. The van der Waals surface area contributed by atoms with E-state index in [0.717, 1.165) is 38.8 Å². The van der Waals surface area contributed by atoms with Gasteiger partial charge in [0.15, 0.2) is 0 Å². The fraction of sp³-hybridized carbons (Fsp3) is 0.533. The number of nitrogens with zero attached hydrogens (tertiary/aromatic N) is 1. The molecule has 0 unspecified atom stereocenters. The van der Waals surface area contributed by atoms with Crippen LogP contribution in [0.25, 0.3) is 0 Å². The maximum Gasteiger partial charge on any atom is 0.219 e. The van der Waals surface area contributed by atoms with E-state index in [2.05, 4.69) is 31.2 Å². The van der Waals surface area contributed by atoms with Crippen LogP contribution in [-0.2, 0) is 11.2 Å². The zero-order valence-corrected chi connectivity index (χ0v) is 11.0. The highest BCUT2D eigenvalue weighted by Crippen LogP contribution is 2.04. The van der Waals surface area contributed by atoms with E-state index in [1.807, 2.05) is 11.0 Å². The number of benzene rings is 1. The number of unbranched alkanes of at least 4 members (excludes halogenated alkanes) is 1. The third kappa shape index (κ3) is 5.53. The quantitative estimate of drug-likeness (QED) is 0.708. The van der Waals surface area contributed by atoms with Gasteiger partial charge in [-0.3, -0.25) is 4.79 Å². The normalized spacial score (nSPS) is 10.2. The van der Waals surface area contributed by atoms with E-state index in [0.29, 0.717) is 0 Å². The second kappa shape index (κ2) is 7.88. The van der Waals surface area contributed by atoms with Crippen LogP contribution >= 0.6 is 0 Å². The molecule has 2 nitrogen and oxygen atoms in total. The van der Waals surface area contributed by atoms with Crippen molar-refractivity contribution in [3.63, 3.8) is 0 Å². The summed E-state index contributed by atoms with van der Waals surface area (Å²) >= 11 is 0. The molecular formula is C15H23NO. The van der Waals surface area contributed by atoms with Crippen LogP contribution in [0.5, 0.6) is 0 Å². The average molecular weight is 233 g/mol. The Bertz CT molecular complexity index is 321. The first-order valence-electron chi connectivity index (χ1n) is 6.53. The van der Waals surface area contributed by atoms with E-state index in [1.54, 1.807) is 6.92 Å². The van der Waals surface area contributed by atoms with Crippen LogP contribution in [0.1, 0.15) is 38.7 Å². The van der Waals surface area contributed by atoms with Gasteiger partial charge in [0, 0.05) is 20.0 Å². The summed E-state index contributed by atoms with van der Waals surface area (Å²) in [6.45, 7) is 5.60. The summed E-state index contributed by atoms with van der Waals surface area (Å²) in [5.41, 5.74) is 1.35. The van der Waals surface area contributed by atoms with Crippen LogP contribution in [0.2, 0.25) is 0 Å². The Morgan fingerprint density at radius 2 is 1.76 bits per heavy atom. The van der Waals surface area contributed by atoms with Gasteiger partial charge in [0.2, 0.25) is 5.91 Å². The summed E-state index contributed by atoms with van der Waals surface area (Å²) in [5.74, 6) is 0.200. The minimum Gasteiger partial charge on any atom is -0.343 e. The number of amides is 1. The third-order valence-corrected chi connectivity index (χ3v) is 2.96. The van der Waals surface area contributed by atoms with Crippen molar-refractivity contribution < 1.29 is 4.79 Å². The van der Waals surface area contributed by atoms with Crippen LogP contribution in [0.15, 0.2) is 30.3 Å². The number of aryl methyl sites for hydroxylation is 1. The van der Waals surface area contributed by atoms with E-state index < -0.39 is 0 Å². The monoisotopic (exact) mass is 233 g/mol. The van der Waals surface area contributed by atoms with E-state index in [9.17, 15) is 4.79 Å². The van der Waals surface area contributed by atoms with Gasteiger partial charge in [-0.05, 0) is 24.8 Å². The first-order chi connectivity index (χ1) is 8.24. The van der Waals surface area contributed by atoms with E-state index >= 15 is 0 Å². The summed E-state index contributed by atoms with van der Waals surface area (Å²) < 4.78 is 0. The van der Waals surface area contributed by atoms with Gasteiger partial charge in [-0.1, -0.05) is 43.7 Å². The Kier molecular flexibility index (Phi) is 6.38. The second-order valence-electron chi connectivity index (χ2n) is 4.45. The summed E-state index contributed by atoms with van der Waals surface area (Å²) in [6, 6.07) is 10.4. The molecule has 17 heavy (non-hydrogen) atoms. The first kappa shape index (κ1) is 13.8. The van der Waals surface area contributed by atoms with Crippen LogP contribution in [0.4, 0.5) is 0 Å². The molecule has 1 amide bonds. The van der Waals surface area contributed by atoms with Gasteiger partial charge in [0.05, 0.1) is 0 Å². The zero-order chi connectivity index (χ0) is 12.5. The Labute approximate surface area is 105 Å². The molecular weight excluding hydrogens is 210 g/mol. The van der Waals surface area contributed by atoms with Crippen molar-refractivity contribution in [1.29, 1.82) is 0 Å². The van der Waals surface area contributed by atoms with Crippen molar-refractivity contribution in [1.82, 2.24) is 4.90 Å². The Balaban J connectivity index is 2.29. The average Bonchev–Trinajstić information content (AvgIpc) is 2.34. The summed E-state index contributed by atoms with van der Waals surface area (Å²) in [6.07, 6.45) is 4.34. The maximum absolute atomic E-state index is 11.4. The van der Waals surface area contributed by atoms with Crippen molar-refractivity contribution >= 4 is 5.91 Å². The number of carbonyl (C=O) groups is 1. The van der Waals surface area contributed by atoms with Gasteiger partial charge in [-0.2, -0.15) is 0 Å². The number of carbonyl (C=O) groups excluding carboxylic acids is 1. The van der Waals surface area contributed by atoms with E-state index in [4.69, 9.17) is 0 Å². The summed E-state index contributed by atoms with van der Waals surface area (Å²) in [4.78, 5) is 13.4. The Morgan fingerprint density at radius 3 is 2.35 bits per heavy atom. The second-order valence-corrected chi connectivity index (χ2v) is 4.45. The molecule has 0 fully saturated rings. The molecule has 0 atom stereocenters. The lowest BCUT2D eigenvalue weighted by Gasteiger charge is -2.20. The molecule has 0 aliphatic rings. The third-order valence-electron chi connectivity index (χ3n) is 2.96. The molecule has 0 saturated carbocycles. The largest absolute Gasteiger partial charge is 0.343 e. The van der Waals surface area contributed by atoms with Crippen molar-refractivity contribution in [3.8, 4) is 0 Å². The lowest BCUT2D eigenvalue weighted by atomic mass is 10.1. The molecule has 0 bridgehead atoms. The van der Waals surface area contributed by atoms with E-state index in [1.165, 1.54) is 5.56 Å². The molecule has 0 saturated heterocycles. The molecule has 0 spiro atoms. The topological polar surface area (TPSA) is 20.3 Å². The molecule has 1 rings (SSSR count). The highest BCUT2D eigenvalue weighted by molar-refractivity contribution is 5.73. The van der Waals surface area contributed by atoms with E-state index in [-0.39, 0.29) is 5.91 Å². The Hall–Kier alpha value is -1.31. The van der Waals surface area contributed by atoms with Crippen molar-refractivity contribution in [2.24, 2.45) is 0 Å². The smallest absolute Gasteiger partial charge is 0.219 e. The van der Waals surface area contributed by atoms with Crippen LogP contribution < -0.4 is 0 Å². The maximum atomic E-state index is 11.4. The zero-order valence-electron chi connectivity index (χ0n) is 11.0. The molecule has 2 heteroatoms. The molecule has 0 heterocycles. The predicted molar refractivity (Wildman–Crippen MR) is 71.9 cm³/mol. The van der Waals surface area contributed by atoms with Gasteiger partial charge >= 0.3 is 0 Å². The minimum atomic E-state index is 0.200. The van der Waals surface area contributed by atoms with Gasteiger partial charge in [-0.15, -0.1) is 0 Å². The molecule has 0 aromatic heterocycles. The van der Waals surface area contributed by atoms with Crippen molar-refractivity contribution in [3.05, 3.63) is 35.9 Å². The molecule has 94 valence electrons. The minimum absolute atomic E-state index is 0.200. The SMILES string of the molecule is CCCCN(CCCc1ccccc1)C(C)=O. The van der Waals surface area contributed by atoms with Crippen LogP contribution in [0.3, 0.4) is 0 Å². The van der Waals surface area contributed by atoms with Crippen molar-refractivity contribution in [2.75, 3.05) is 13.1 Å². The number of hydrogen-bond donors (Lipinski definition) is 0. The standard InChI is InChI=1S/C15H23NO/c1-3-4-12-16(14(2)17)13-8-11-15-9-6-5-7-10-15/h5-7,9-10H,3-4,8,11-13H2,1-2H3. The fourth-order valence-electron chi connectivity index (χ4n) is 1.89. The number of hydrogen-bond acceptors (Lipinski definition) is 1. The van der Waals surface area contributed by atoms with Gasteiger partial charge in [-0.25, -0.2) is 0 Å². The summed E-state index contributed by atoms with van der Waals surface area (Å²) in [7, 11) is 0. The fourth-order valence-corrected chi connectivity index (χ4v) is 1.89. The summed E-state index contributed by atoms with van der Waals surface area (Å²) in [5, 5.41) is 0. The molecule has 1 aromatic rings. The molecule has 0 aliphatic heterocycles. The predicted octanol–water partition coefficient (Wildman–Crippen LogP) is 3.27. The molecule has 0 radical (unpaired) electrons. The van der Waals surface area contributed by atoms with Crippen LogP contribution in [0, 0.1) is 0 Å². The first-order valence-corrected chi connectivity index (χ1v) is 6.53. The highest BCUT2D eigenvalue weighted by atomic mass is 16.2. The molecule has 0 N–H and O–H groups in total. The van der Waals surface area contributed by atoms with Crippen LogP contribution in [-0.4, -0.2) is 23.9 Å². The number of rotatable bonds is 7.